The average Bonchev–Trinajstić information content (AvgIpc) is 2.92. The van der Waals surface area contributed by atoms with Crippen molar-refractivity contribution in [2.45, 2.75) is 20.8 Å². The number of ether oxygens (including phenoxy) is 2. The summed E-state index contributed by atoms with van der Waals surface area (Å²) in [5.41, 5.74) is 4.42. The fourth-order valence-electron chi connectivity index (χ4n) is 2.76. The van der Waals surface area contributed by atoms with Crippen LogP contribution in [0.2, 0.25) is 0 Å². The highest BCUT2D eigenvalue weighted by Gasteiger charge is 2.16. The summed E-state index contributed by atoms with van der Waals surface area (Å²) in [6.45, 7) is 6.84. The lowest BCUT2D eigenvalue weighted by Crippen LogP contribution is -1.90. The Labute approximate surface area is 142 Å². The summed E-state index contributed by atoms with van der Waals surface area (Å²) in [5, 5.41) is 0. The van der Waals surface area contributed by atoms with E-state index in [2.05, 4.69) is 13.8 Å². The molecule has 124 valence electrons. The van der Waals surface area contributed by atoms with Gasteiger partial charge in [0.05, 0.1) is 13.7 Å². The molecule has 0 unspecified atom stereocenters. The molecule has 1 aromatic heterocycles. The Morgan fingerprint density at radius 2 is 1.21 bits per heavy atom. The molecule has 3 aromatic rings. The second-order valence-electron chi connectivity index (χ2n) is 5.70. The molecule has 0 amide bonds. The zero-order chi connectivity index (χ0) is 17.1. The van der Waals surface area contributed by atoms with Crippen LogP contribution in [0.1, 0.15) is 18.1 Å². The van der Waals surface area contributed by atoms with E-state index < -0.39 is 0 Å². The molecule has 24 heavy (non-hydrogen) atoms. The van der Waals surface area contributed by atoms with Crippen molar-refractivity contribution in [1.82, 2.24) is 0 Å². The van der Waals surface area contributed by atoms with E-state index in [1.54, 1.807) is 7.11 Å². The van der Waals surface area contributed by atoms with Crippen molar-refractivity contribution < 1.29 is 13.9 Å². The van der Waals surface area contributed by atoms with Crippen molar-refractivity contribution in [3.8, 4) is 34.1 Å². The smallest absolute Gasteiger partial charge is 0.137 e. The first-order valence-electron chi connectivity index (χ1n) is 8.11. The molecule has 0 N–H and O–H groups in total. The van der Waals surface area contributed by atoms with Crippen LogP contribution in [0.25, 0.3) is 22.6 Å². The Balaban J connectivity index is 1.98. The van der Waals surface area contributed by atoms with Crippen molar-refractivity contribution in [3.05, 3.63) is 59.7 Å². The van der Waals surface area contributed by atoms with Crippen LogP contribution in [0.15, 0.2) is 52.9 Å². The summed E-state index contributed by atoms with van der Waals surface area (Å²) in [5.74, 6) is 3.52. The SMILES string of the molecule is CCOc1ccc(-c2oc(-c3ccc(OC)cc3)c(C)c2C)cc1. The average molecular weight is 322 g/mol. The van der Waals surface area contributed by atoms with Crippen molar-refractivity contribution in [1.29, 1.82) is 0 Å². The highest BCUT2D eigenvalue weighted by atomic mass is 16.5. The van der Waals surface area contributed by atoms with Crippen molar-refractivity contribution in [2.24, 2.45) is 0 Å². The van der Waals surface area contributed by atoms with Gasteiger partial charge < -0.3 is 13.9 Å². The van der Waals surface area contributed by atoms with Gasteiger partial charge in [0.1, 0.15) is 23.0 Å². The van der Waals surface area contributed by atoms with E-state index in [1.807, 2.05) is 55.5 Å². The van der Waals surface area contributed by atoms with Crippen molar-refractivity contribution in [3.63, 3.8) is 0 Å². The molecule has 0 bridgehead atoms. The van der Waals surface area contributed by atoms with E-state index in [-0.39, 0.29) is 0 Å². The summed E-state index contributed by atoms with van der Waals surface area (Å²) < 4.78 is 16.9. The lowest BCUT2D eigenvalue weighted by atomic mass is 10.0. The van der Waals surface area contributed by atoms with E-state index >= 15 is 0 Å². The van der Waals surface area contributed by atoms with E-state index in [9.17, 15) is 0 Å². The van der Waals surface area contributed by atoms with Crippen LogP contribution in [0.3, 0.4) is 0 Å². The maximum absolute atomic E-state index is 6.21. The summed E-state index contributed by atoms with van der Waals surface area (Å²) in [6.07, 6.45) is 0. The Bertz CT molecular complexity index is 812. The van der Waals surface area contributed by atoms with Gasteiger partial charge in [-0.25, -0.2) is 0 Å². The lowest BCUT2D eigenvalue weighted by molar-refractivity contribution is 0.340. The third-order valence-electron chi connectivity index (χ3n) is 4.23. The first-order chi connectivity index (χ1) is 11.6. The first kappa shape index (κ1) is 16.2. The van der Waals surface area contributed by atoms with Gasteiger partial charge in [-0.3, -0.25) is 0 Å². The summed E-state index contributed by atoms with van der Waals surface area (Å²) in [7, 11) is 1.67. The molecule has 3 rings (SSSR count). The molecular formula is C21H22O3. The monoisotopic (exact) mass is 322 g/mol. The van der Waals surface area contributed by atoms with Gasteiger partial charge in [0, 0.05) is 11.1 Å². The molecule has 0 aliphatic rings. The van der Waals surface area contributed by atoms with E-state index in [1.165, 1.54) is 0 Å². The van der Waals surface area contributed by atoms with Gasteiger partial charge in [0.2, 0.25) is 0 Å². The minimum absolute atomic E-state index is 0.667. The fourth-order valence-corrected chi connectivity index (χ4v) is 2.76. The Morgan fingerprint density at radius 3 is 1.62 bits per heavy atom. The Kier molecular flexibility index (Phi) is 4.61. The normalized spacial score (nSPS) is 10.7. The van der Waals surface area contributed by atoms with Crippen LogP contribution >= 0.6 is 0 Å². The molecule has 0 aliphatic carbocycles. The van der Waals surface area contributed by atoms with Crippen LogP contribution in [-0.4, -0.2) is 13.7 Å². The number of furan rings is 1. The Hall–Kier alpha value is -2.68. The highest BCUT2D eigenvalue weighted by Crippen LogP contribution is 2.37. The first-order valence-corrected chi connectivity index (χ1v) is 8.11. The molecule has 3 nitrogen and oxygen atoms in total. The summed E-state index contributed by atoms with van der Waals surface area (Å²) >= 11 is 0. The highest BCUT2D eigenvalue weighted by molar-refractivity contribution is 5.72. The van der Waals surface area contributed by atoms with E-state index in [0.29, 0.717) is 6.61 Å². The molecule has 2 aromatic carbocycles. The minimum Gasteiger partial charge on any atom is -0.497 e. The van der Waals surface area contributed by atoms with Gasteiger partial charge in [-0.15, -0.1) is 0 Å². The number of hydrogen-bond acceptors (Lipinski definition) is 3. The molecule has 0 aliphatic heterocycles. The number of rotatable bonds is 5. The molecule has 1 heterocycles. The predicted octanol–water partition coefficient (Wildman–Crippen LogP) is 5.64. The van der Waals surface area contributed by atoms with Crippen LogP contribution in [0.4, 0.5) is 0 Å². The number of benzene rings is 2. The maximum atomic E-state index is 6.21. The zero-order valence-corrected chi connectivity index (χ0v) is 14.6. The molecule has 0 fully saturated rings. The van der Waals surface area contributed by atoms with Crippen LogP contribution < -0.4 is 9.47 Å². The topological polar surface area (TPSA) is 31.6 Å². The van der Waals surface area contributed by atoms with Gasteiger partial charge in [-0.05, 0) is 80.4 Å². The van der Waals surface area contributed by atoms with Crippen LogP contribution in [0, 0.1) is 13.8 Å². The van der Waals surface area contributed by atoms with E-state index in [0.717, 1.165) is 45.3 Å². The second kappa shape index (κ2) is 6.83. The van der Waals surface area contributed by atoms with Crippen LogP contribution in [-0.2, 0) is 0 Å². The standard InChI is InChI=1S/C21H22O3/c1-5-23-19-12-8-17(9-13-19)21-15(3)14(2)20(24-21)16-6-10-18(22-4)11-7-16/h6-13H,5H2,1-4H3. The van der Waals surface area contributed by atoms with Crippen LogP contribution in [0.5, 0.6) is 11.5 Å². The molecular weight excluding hydrogens is 300 g/mol. The Morgan fingerprint density at radius 1 is 0.750 bits per heavy atom. The minimum atomic E-state index is 0.667. The van der Waals surface area contributed by atoms with Gasteiger partial charge in [0.15, 0.2) is 0 Å². The van der Waals surface area contributed by atoms with Crippen molar-refractivity contribution >= 4 is 0 Å². The number of hydrogen-bond donors (Lipinski definition) is 0. The lowest BCUT2D eigenvalue weighted by Gasteiger charge is -2.04. The molecule has 0 saturated carbocycles. The third kappa shape index (κ3) is 3.02. The van der Waals surface area contributed by atoms with Gasteiger partial charge in [0.25, 0.3) is 0 Å². The molecule has 0 atom stereocenters. The molecule has 0 radical (unpaired) electrons. The fraction of sp³-hybridized carbons (Fsp3) is 0.238. The quantitative estimate of drug-likeness (QED) is 0.609. The third-order valence-corrected chi connectivity index (χ3v) is 4.23. The maximum Gasteiger partial charge on any atom is 0.137 e. The molecule has 0 saturated heterocycles. The van der Waals surface area contributed by atoms with Crippen molar-refractivity contribution in [2.75, 3.05) is 13.7 Å². The predicted molar refractivity (Wildman–Crippen MR) is 96.8 cm³/mol. The largest absolute Gasteiger partial charge is 0.497 e. The summed E-state index contributed by atoms with van der Waals surface area (Å²) in [6, 6.07) is 16.0. The van der Waals surface area contributed by atoms with E-state index in [4.69, 9.17) is 13.9 Å². The second-order valence-corrected chi connectivity index (χ2v) is 5.70. The van der Waals surface area contributed by atoms with Gasteiger partial charge in [-0.1, -0.05) is 0 Å². The zero-order valence-electron chi connectivity index (χ0n) is 14.6. The molecule has 0 spiro atoms. The summed E-state index contributed by atoms with van der Waals surface area (Å²) in [4.78, 5) is 0. The van der Waals surface area contributed by atoms with Gasteiger partial charge in [-0.2, -0.15) is 0 Å². The molecule has 3 heteroatoms. The van der Waals surface area contributed by atoms with Gasteiger partial charge >= 0.3 is 0 Å². The number of methoxy groups -OCH3 is 1.